The molecule has 1 rings (SSSR count). The Kier molecular flexibility index (Phi) is 2.22. The number of halogens is 1. The smallest absolute Gasteiger partial charge is 0.137 e. The summed E-state index contributed by atoms with van der Waals surface area (Å²) in [6, 6.07) is 0. The zero-order valence-corrected chi connectivity index (χ0v) is 6.72. The first-order valence-electron chi connectivity index (χ1n) is 2.77. The molecule has 9 heavy (non-hydrogen) atoms. The molecule has 1 aromatic heterocycles. The lowest BCUT2D eigenvalue weighted by molar-refractivity contribution is 0.866. The van der Waals surface area contributed by atoms with Gasteiger partial charge in [-0.25, -0.2) is 4.98 Å². The SMILES string of the molecule is CC(Br)Cc1ncn[nH]1. The molecule has 0 saturated heterocycles. The number of H-pyrrole nitrogens is 1. The van der Waals surface area contributed by atoms with E-state index in [1.165, 1.54) is 6.33 Å². The average molecular weight is 190 g/mol. The van der Waals surface area contributed by atoms with E-state index in [1.807, 2.05) is 0 Å². The zero-order valence-electron chi connectivity index (χ0n) is 5.13. The van der Waals surface area contributed by atoms with Crippen LogP contribution in [0.4, 0.5) is 0 Å². The van der Waals surface area contributed by atoms with Gasteiger partial charge in [-0.15, -0.1) is 0 Å². The minimum atomic E-state index is 0.463. The largest absolute Gasteiger partial charge is 0.263 e. The molecule has 0 aromatic carbocycles. The molecule has 0 bridgehead atoms. The van der Waals surface area contributed by atoms with E-state index in [4.69, 9.17) is 0 Å². The van der Waals surface area contributed by atoms with Gasteiger partial charge in [0.15, 0.2) is 0 Å². The van der Waals surface area contributed by atoms with Gasteiger partial charge < -0.3 is 0 Å². The van der Waals surface area contributed by atoms with E-state index in [0.717, 1.165) is 12.2 Å². The van der Waals surface area contributed by atoms with Crippen LogP contribution in [0.5, 0.6) is 0 Å². The van der Waals surface area contributed by atoms with E-state index in [2.05, 4.69) is 38.0 Å². The summed E-state index contributed by atoms with van der Waals surface area (Å²) in [5.41, 5.74) is 0. The van der Waals surface area contributed by atoms with E-state index in [9.17, 15) is 0 Å². The van der Waals surface area contributed by atoms with Crippen LogP contribution in [0.25, 0.3) is 0 Å². The highest BCUT2D eigenvalue weighted by molar-refractivity contribution is 9.09. The predicted octanol–water partition coefficient (Wildman–Crippen LogP) is 1.13. The fourth-order valence-electron chi connectivity index (χ4n) is 0.596. The lowest BCUT2D eigenvalue weighted by Gasteiger charge is -1.95. The molecule has 0 aliphatic carbocycles. The second-order valence-corrected chi connectivity index (χ2v) is 3.48. The summed E-state index contributed by atoms with van der Waals surface area (Å²) in [6.45, 7) is 2.07. The molecule has 0 aliphatic rings. The van der Waals surface area contributed by atoms with Crippen molar-refractivity contribution in [3.05, 3.63) is 12.2 Å². The van der Waals surface area contributed by atoms with E-state index in [-0.39, 0.29) is 0 Å². The van der Waals surface area contributed by atoms with Crippen LogP contribution in [0.15, 0.2) is 6.33 Å². The van der Waals surface area contributed by atoms with Crippen molar-refractivity contribution in [2.24, 2.45) is 0 Å². The van der Waals surface area contributed by atoms with Gasteiger partial charge in [-0.3, -0.25) is 5.10 Å². The van der Waals surface area contributed by atoms with Crippen molar-refractivity contribution in [3.8, 4) is 0 Å². The zero-order chi connectivity index (χ0) is 6.69. The first kappa shape index (κ1) is 6.74. The topological polar surface area (TPSA) is 41.6 Å². The van der Waals surface area contributed by atoms with Crippen molar-refractivity contribution < 1.29 is 0 Å². The highest BCUT2D eigenvalue weighted by Crippen LogP contribution is 2.02. The first-order valence-corrected chi connectivity index (χ1v) is 3.69. The van der Waals surface area contributed by atoms with Gasteiger partial charge in [0.05, 0.1) is 0 Å². The lowest BCUT2D eigenvalue weighted by Crippen LogP contribution is -1.97. The third-order valence-corrected chi connectivity index (χ3v) is 1.26. The van der Waals surface area contributed by atoms with Crippen molar-refractivity contribution >= 4 is 15.9 Å². The molecule has 1 atom stereocenters. The molecule has 50 valence electrons. The molecule has 1 N–H and O–H groups in total. The van der Waals surface area contributed by atoms with Gasteiger partial charge in [-0.1, -0.05) is 22.9 Å². The normalized spacial score (nSPS) is 13.6. The summed E-state index contributed by atoms with van der Waals surface area (Å²) in [4.78, 5) is 4.42. The van der Waals surface area contributed by atoms with E-state index >= 15 is 0 Å². The van der Waals surface area contributed by atoms with Crippen LogP contribution < -0.4 is 0 Å². The quantitative estimate of drug-likeness (QED) is 0.710. The van der Waals surface area contributed by atoms with Gasteiger partial charge in [0.1, 0.15) is 12.2 Å². The molecule has 0 amide bonds. The molecule has 0 spiro atoms. The second-order valence-electron chi connectivity index (χ2n) is 1.92. The Labute approximate surface area is 62.0 Å². The Balaban J connectivity index is 2.48. The van der Waals surface area contributed by atoms with Crippen LogP contribution in [0, 0.1) is 0 Å². The summed E-state index contributed by atoms with van der Waals surface area (Å²) in [5.74, 6) is 0.930. The fraction of sp³-hybridized carbons (Fsp3) is 0.600. The Morgan fingerprint density at radius 3 is 3.11 bits per heavy atom. The van der Waals surface area contributed by atoms with Gasteiger partial charge in [0.25, 0.3) is 0 Å². The van der Waals surface area contributed by atoms with Crippen molar-refractivity contribution in [3.63, 3.8) is 0 Å². The number of rotatable bonds is 2. The Morgan fingerprint density at radius 1 is 1.89 bits per heavy atom. The summed E-state index contributed by atoms with van der Waals surface area (Å²) in [5, 5.41) is 6.50. The Morgan fingerprint density at radius 2 is 2.67 bits per heavy atom. The monoisotopic (exact) mass is 189 g/mol. The first-order chi connectivity index (χ1) is 4.29. The van der Waals surface area contributed by atoms with Crippen LogP contribution in [0.2, 0.25) is 0 Å². The number of hydrogen-bond donors (Lipinski definition) is 1. The predicted molar refractivity (Wildman–Crippen MR) is 38.5 cm³/mol. The molecule has 4 heteroatoms. The van der Waals surface area contributed by atoms with Crippen LogP contribution in [0.1, 0.15) is 12.7 Å². The average Bonchev–Trinajstić information content (AvgIpc) is 2.15. The van der Waals surface area contributed by atoms with E-state index < -0.39 is 0 Å². The lowest BCUT2D eigenvalue weighted by atomic mass is 10.3. The highest BCUT2D eigenvalue weighted by atomic mass is 79.9. The van der Waals surface area contributed by atoms with Gasteiger partial charge in [0.2, 0.25) is 0 Å². The number of nitrogens with one attached hydrogen (secondary N) is 1. The number of nitrogens with zero attached hydrogens (tertiary/aromatic N) is 2. The molecule has 0 aliphatic heterocycles. The van der Waals surface area contributed by atoms with E-state index in [0.29, 0.717) is 4.83 Å². The maximum Gasteiger partial charge on any atom is 0.137 e. The van der Waals surface area contributed by atoms with Crippen molar-refractivity contribution in [1.82, 2.24) is 15.2 Å². The van der Waals surface area contributed by atoms with Crippen molar-refractivity contribution in [1.29, 1.82) is 0 Å². The molecule has 1 unspecified atom stereocenters. The maximum absolute atomic E-state index is 3.96. The number of aromatic amines is 1. The molecular formula is C5H8BrN3. The third-order valence-electron chi connectivity index (χ3n) is 0.940. The minimum Gasteiger partial charge on any atom is -0.263 e. The van der Waals surface area contributed by atoms with Crippen LogP contribution >= 0.6 is 15.9 Å². The van der Waals surface area contributed by atoms with Crippen LogP contribution in [-0.4, -0.2) is 20.0 Å². The fourth-order valence-corrected chi connectivity index (χ4v) is 0.902. The van der Waals surface area contributed by atoms with Gasteiger partial charge in [-0.05, 0) is 0 Å². The van der Waals surface area contributed by atoms with Crippen molar-refractivity contribution in [2.45, 2.75) is 18.2 Å². The standard InChI is InChI=1S/C5H8BrN3/c1-4(6)2-5-7-3-8-9-5/h3-4H,2H2,1H3,(H,7,8,9). The summed E-state index contributed by atoms with van der Waals surface area (Å²) < 4.78 is 0. The number of aromatic nitrogens is 3. The van der Waals surface area contributed by atoms with Crippen LogP contribution in [0.3, 0.4) is 0 Å². The highest BCUT2D eigenvalue weighted by Gasteiger charge is 1.99. The van der Waals surface area contributed by atoms with Gasteiger partial charge >= 0.3 is 0 Å². The van der Waals surface area contributed by atoms with E-state index in [1.54, 1.807) is 0 Å². The van der Waals surface area contributed by atoms with Gasteiger partial charge in [-0.2, -0.15) is 5.10 Å². The Bertz CT molecular complexity index is 159. The van der Waals surface area contributed by atoms with Crippen LogP contribution in [-0.2, 0) is 6.42 Å². The van der Waals surface area contributed by atoms with Crippen molar-refractivity contribution in [2.75, 3.05) is 0 Å². The maximum atomic E-state index is 3.96. The summed E-state index contributed by atoms with van der Waals surface area (Å²) >= 11 is 3.41. The molecule has 1 aromatic rings. The molecule has 1 heterocycles. The number of alkyl halides is 1. The molecule has 3 nitrogen and oxygen atoms in total. The Hall–Kier alpha value is -0.380. The second kappa shape index (κ2) is 2.96. The molecule has 0 fully saturated rings. The summed E-state index contributed by atoms with van der Waals surface area (Å²) in [6.07, 6.45) is 2.42. The summed E-state index contributed by atoms with van der Waals surface area (Å²) in [7, 11) is 0. The molecule has 0 radical (unpaired) electrons. The molecule has 0 saturated carbocycles. The number of hydrogen-bond acceptors (Lipinski definition) is 2. The molecular weight excluding hydrogens is 182 g/mol. The third kappa shape index (κ3) is 2.13. The minimum absolute atomic E-state index is 0.463. The van der Waals surface area contributed by atoms with Gasteiger partial charge in [0, 0.05) is 11.2 Å².